The summed E-state index contributed by atoms with van der Waals surface area (Å²) in [6.45, 7) is 1.85. The van der Waals surface area contributed by atoms with E-state index in [2.05, 4.69) is 10.6 Å². The molecule has 0 aromatic heterocycles. The second-order valence-corrected chi connectivity index (χ2v) is 8.35. The summed E-state index contributed by atoms with van der Waals surface area (Å²) in [7, 11) is 0. The highest BCUT2D eigenvalue weighted by atomic mass is 35.5. The van der Waals surface area contributed by atoms with Crippen molar-refractivity contribution in [3.05, 3.63) is 88.4 Å². The van der Waals surface area contributed by atoms with E-state index in [0.717, 1.165) is 22.3 Å². The van der Waals surface area contributed by atoms with Crippen LogP contribution in [0.1, 0.15) is 40.7 Å². The number of carboxylic acids is 1. The number of carboxylic acid groups (broad SMARTS) is 1. The molecule has 0 fully saturated rings. The first-order valence-electron chi connectivity index (χ1n) is 10.8. The van der Waals surface area contributed by atoms with E-state index in [0.29, 0.717) is 0 Å². The van der Waals surface area contributed by atoms with Crippen LogP contribution in [0.25, 0.3) is 11.1 Å². The van der Waals surface area contributed by atoms with Crippen molar-refractivity contribution < 1.29 is 24.2 Å². The van der Waals surface area contributed by atoms with Gasteiger partial charge in [0.2, 0.25) is 5.91 Å². The van der Waals surface area contributed by atoms with E-state index in [1.54, 1.807) is 6.92 Å². The van der Waals surface area contributed by atoms with Gasteiger partial charge in [-0.2, -0.15) is 0 Å². The van der Waals surface area contributed by atoms with E-state index in [9.17, 15) is 19.5 Å². The van der Waals surface area contributed by atoms with Crippen LogP contribution in [-0.2, 0) is 9.53 Å². The second-order valence-electron chi connectivity index (χ2n) is 7.92. The summed E-state index contributed by atoms with van der Waals surface area (Å²) in [5, 5.41) is 14.7. The molecule has 3 aromatic rings. The van der Waals surface area contributed by atoms with E-state index >= 15 is 0 Å². The summed E-state index contributed by atoms with van der Waals surface area (Å²) in [6.07, 6.45) is -0.452. The summed E-state index contributed by atoms with van der Waals surface area (Å²) in [4.78, 5) is 36.7. The Morgan fingerprint density at radius 2 is 1.62 bits per heavy atom. The maximum Gasteiger partial charge on any atom is 0.407 e. The lowest BCUT2D eigenvalue weighted by Crippen LogP contribution is -2.44. The first kappa shape index (κ1) is 23.3. The molecule has 0 radical (unpaired) electrons. The quantitative estimate of drug-likeness (QED) is 0.427. The van der Waals surface area contributed by atoms with Crippen LogP contribution in [0.5, 0.6) is 0 Å². The Hall–Kier alpha value is -3.84. The maximum absolute atomic E-state index is 12.7. The largest absolute Gasteiger partial charge is 0.478 e. The summed E-state index contributed by atoms with van der Waals surface area (Å²) < 4.78 is 5.51. The predicted molar refractivity (Wildman–Crippen MR) is 129 cm³/mol. The number of nitrogens with one attached hydrogen (secondary N) is 2. The van der Waals surface area contributed by atoms with Gasteiger partial charge < -0.3 is 20.5 Å². The summed E-state index contributed by atoms with van der Waals surface area (Å²) in [5.41, 5.74) is 4.36. The topological polar surface area (TPSA) is 105 Å². The van der Waals surface area contributed by atoms with Gasteiger partial charge in [0, 0.05) is 10.9 Å². The van der Waals surface area contributed by atoms with Crippen molar-refractivity contribution in [2.24, 2.45) is 0 Å². The maximum atomic E-state index is 12.7. The van der Waals surface area contributed by atoms with Gasteiger partial charge >= 0.3 is 12.1 Å². The minimum atomic E-state index is -1.20. The van der Waals surface area contributed by atoms with Gasteiger partial charge in [-0.1, -0.05) is 67.1 Å². The highest BCUT2D eigenvalue weighted by molar-refractivity contribution is 6.31. The predicted octanol–water partition coefficient (Wildman–Crippen LogP) is 5.29. The lowest BCUT2D eigenvalue weighted by molar-refractivity contribution is -0.118. The van der Waals surface area contributed by atoms with E-state index in [4.69, 9.17) is 16.3 Å². The molecule has 1 aliphatic rings. The number of hydrogen-bond donors (Lipinski definition) is 3. The van der Waals surface area contributed by atoms with Crippen LogP contribution < -0.4 is 10.6 Å². The number of fused-ring (bicyclic) bond motifs is 3. The molecule has 0 heterocycles. The second kappa shape index (κ2) is 9.97. The Balaban J connectivity index is 1.41. The van der Waals surface area contributed by atoms with Crippen LogP contribution in [0.15, 0.2) is 66.7 Å². The van der Waals surface area contributed by atoms with Gasteiger partial charge in [-0.3, -0.25) is 4.79 Å². The van der Waals surface area contributed by atoms with Gasteiger partial charge in [-0.15, -0.1) is 0 Å². The van der Waals surface area contributed by atoms with Crippen molar-refractivity contribution in [2.45, 2.75) is 25.3 Å². The molecule has 0 saturated heterocycles. The third-order valence-electron chi connectivity index (χ3n) is 5.83. The van der Waals surface area contributed by atoms with Crippen molar-refractivity contribution >= 4 is 35.3 Å². The third kappa shape index (κ3) is 4.75. The minimum Gasteiger partial charge on any atom is -0.478 e. The van der Waals surface area contributed by atoms with Crippen LogP contribution in [-0.4, -0.2) is 35.7 Å². The Bertz CT molecular complexity index is 1210. The third-order valence-corrected chi connectivity index (χ3v) is 6.07. The van der Waals surface area contributed by atoms with E-state index in [1.165, 1.54) is 18.2 Å². The monoisotopic (exact) mass is 478 g/mol. The van der Waals surface area contributed by atoms with Crippen LogP contribution in [0.4, 0.5) is 10.5 Å². The molecule has 0 spiro atoms. The molecule has 8 heteroatoms. The highest BCUT2D eigenvalue weighted by Crippen LogP contribution is 2.44. The molecule has 2 amide bonds. The minimum absolute atomic E-state index is 0.0535. The Morgan fingerprint density at radius 1 is 1.00 bits per heavy atom. The highest BCUT2D eigenvalue weighted by Gasteiger charge is 2.29. The van der Waals surface area contributed by atoms with Crippen molar-refractivity contribution in [1.82, 2.24) is 5.32 Å². The zero-order chi connectivity index (χ0) is 24.2. The standard InChI is InChI=1S/C26H23ClN2O5/c1-2-22(24(30)28-23-13-15(27)11-12-20(23)25(31)32)29-26(33)34-14-21-18-9-5-3-7-16(18)17-8-4-6-10-19(17)21/h3-13,21-22H,2,14H2,1H3,(H,28,30)(H,29,33)(H,31,32)/t22-/m0/s1. The van der Waals surface area contributed by atoms with Crippen molar-refractivity contribution in [3.63, 3.8) is 0 Å². The van der Waals surface area contributed by atoms with Crippen molar-refractivity contribution in [1.29, 1.82) is 0 Å². The zero-order valence-electron chi connectivity index (χ0n) is 18.4. The van der Waals surface area contributed by atoms with E-state index in [1.807, 2.05) is 48.5 Å². The molecule has 0 unspecified atom stereocenters. The van der Waals surface area contributed by atoms with Crippen LogP contribution in [0.2, 0.25) is 5.02 Å². The number of anilines is 1. The average Bonchev–Trinajstić information content (AvgIpc) is 3.14. The number of halogens is 1. The number of aromatic carboxylic acids is 1. The fourth-order valence-corrected chi connectivity index (χ4v) is 4.33. The van der Waals surface area contributed by atoms with Crippen molar-refractivity contribution in [3.8, 4) is 11.1 Å². The average molecular weight is 479 g/mol. The molecule has 3 aromatic carbocycles. The number of ether oxygens (including phenoxy) is 1. The molecule has 0 saturated carbocycles. The van der Waals surface area contributed by atoms with Gasteiger partial charge in [0.05, 0.1) is 11.3 Å². The molecule has 3 N–H and O–H groups in total. The summed E-state index contributed by atoms with van der Waals surface area (Å²) in [6, 6.07) is 19.2. The van der Waals surface area contributed by atoms with Gasteiger partial charge in [-0.05, 0) is 46.9 Å². The SMILES string of the molecule is CC[C@H](NC(=O)OCC1c2ccccc2-c2ccccc21)C(=O)Nc1cc(Cl)ccc1C(=O)O. The molecule has 0 aliphatic heterocycles. The van der Waals surface area contributed by atoms with E-state index in [-0.39, 0.29) is 35.2 Å². The van der Waals surface area contributed by atoms with Crippen molar-refractivity contribution in [2.75, 3.05) is 11.9 Å². The smallest absolute Gasteiger partial charge is 0.407 e. The molecule has 1 atom stereocenters. The van der Waals surface area contributed by atoms with Gasteiger partial charge in [0.1, 0.15) is 12.6 Å². The molecule has 1 aliphatic carbocycles. The molecule has 4 rings (SSSR count). The first-order chi connectivity index (χ1) is 16.4. The number of benzene rings is 3. The van der Waals surface area contributed by atoms with Crippen LogP contribution >= 0.6 is 11.6 Å². The van der Waals surface area contributed by atoms with Crippen LogP contribution in [0.3, 0.4) is 0 Å². The van der Waals surface area contributed by atoms with E-state index < -0.39 is 24.0 Å². The fourth-order valence-electron chi connectivity index (χ4n) is 4.16. The Morgan fingerprint density at radius 3 is 2.21 bits per heavy atom. The number of carbonyl (C=O) groups is 3. The molecule has 174 valence electrons. The summed E-state index contributed by atoms with van der Waals surface area (Å²) >= 11 is 5.94. The molecular formula is C26H23ClN2O5. The Labute approximate surface area is 201 Å². The number of alkyl carbamates (subject to hydrolysis) is 1. The molecule has 0 bridgehead atoms. The Kier molecular flexibility index (Phi) is 6.84. The zero-order valence-corrected chi connectivity index (χ0v) is 19.1. The van der Waals surface area contributed by atoms with Gasteiger partial charge in [0.25, 0.3) is 0 Å². The lowest BCUT2D eigenvalue weighted by atomic mass is 9.98. The molecule has 7 nitrogen and oxygen atoms in total. The van der Waals surface area contributed by atoms with Gasteiger partial charge in [0.15, 0.2) is 0 Å². The molecule has 34 heavy (non-hydrogen) atoms. The van der Waals surface area contributed by atoms with Gasteiger partial charge in [-0.25, -0.2) is 9.59 Å². The molecular weight excluding hydrogens is 456 g/mol. The number of amides is 2. The fraction of sp³-hybridized carbons (Fsp3) is 0.192. The normalized spacial score (nSPS) is 12.9. The number of rotatable bonds is 7. The number of carbonyl (C=O) groups excluding carboxylic acids is 2. The summed E-state index contributed by atoms with van der Waals surface area (Å²) in [5.74, 6) is -1.87. The lowest BCUT2D eigenvalue weighted by Gasteiger charge is -2.19. The number of hydrogen-bond acceptors (Lipinski definition) is 4. The first-order valence-corrected chi connectivity index (χ1v) is 11.2. The van der Waals surface area contributed by atoms with Crippen LogP contribution in [0, 0.1) is 0 Å².